The van der Waals surface area contributed by atoms with Gasteiger partial charge >= 0.3 is 0 Å². The molecule has 1 spiro atoms. The lowest BCUT2D eigenvalue weighted by molar-refractivity contribution is -0.113. The van der Waals surface area contributed by atoms with E-state index in [1.807, 2.05) is 0 Å². The fraction of sp³-hybridized carbons (Fsp3) is 0.316. The second kappa shape index (κ2) is 6.79. The summed E-state index contributed by atoms with van der Waals surface area (Å²) in [5.41, 5.74) is 0.577. The number of hydrogen-bond donors (Lipinski definition) is 1. The molecule has 1 amide bonds. The Kier molecular flexibility index (Phi) is 4.48. The number of halogens is 2. The highest BCUT2D eigenvalue weighted by Gasteiger charge is 2.44. The Hall–Kier alpha value is -2.28. The smallest absolute Gasteiger partial charge is 0.251 e. The molecular weight excluding hydrogens is 360 g/mol. The number of anilines is 1. The molecule has 1 fully saturated rings. The van der Waals surface area contributed by atoms with Crippen LogP contribution in [0.1, 0.15) is 25.7 Å². The van der Waals surface area contributed by atoms with Gasteiger partial charge in [0.1, 0.15) is 11.6 Å². The van der Waals surface area contributed by atoms with Crippen molar-refractivity contribution < 1.29 is 23.0 Å². The Morgan fingerprint density at radius 1 is 1.08 bits per heavy atom. The summed E-state index contributed by atoms with van der Waals surface area (Å²) in [6, 6.07) is 8.41. The van der Waals surface area contributed by atoms with E-state index in [-0.39, 0.29) is 16.6 Å². The van der Waals surface area contributed by atoms with Crippen molar-refractivity contribution in [3.63, 3.8) is 0 Å². The minimum Gasteiger partial charge on any atom is -0.448 e. The quantitative estimate of drug-likeness (QED) is 0.782. The number of ether oxygens (including phenoxy) is 2. The lowest BCUT2D eigenvalue weighted by atomic mass is 10.2. The van der Waals surface area contributed by atoms with Crippen LogP contribution in [0.5, 0.6) is 11.5 Å². The molecule has 0 atom stereocenters. The zero-order valence-corrected chi connectivity index (χ0v) is 14.7. The number of nitrogens with one attached hydrogen (secondary N) is 1. The molecule has 2 aromatic rings. The average molecular weight is 377 g/mol. The number of hydrogen-bond acceptors (Lipinski definition) is 4. The summed E-state index contributed by atoms with van der Waals surface area (Å²) in [6.07, 6.45) is 3.87. The van der Waals surface area contributed by atoms with Gasteiger partial charge in [-0.1, -0.05) is 0 Å². The van der Waals surface area contributed by atoms with Crippen LogP contribution in [0.15, 0.2) is 41.3 Å². The van der Waals surface area contributed by atoms with Gasteiger partial charge in [-0.3, -0.25) is 4.79 Å². The number of carbonyl (C=O) groups is 1. The first kappa shape index (κ1) is 17.1. The topological polar surface area (TPSA) is 47.6 Å². The van der Waals surface area contributed by atoms with Gasteiger partial charge in [0.05, 0.1) is 5.75 Å². The second-order valence-corrected chi connectivity index (χ2v) is 7.41. The van der Waals surface area contributed by atoms with Crippen LogP contribution in [0.25, 0.3) is 0 Å². The molecule has 4 nitrogen and oxygen atoms in total. The van der Waals surface area contributed by atoms with Gasteiger partial charge in [0.15, 0.2) is 11.5 Å². The molecule has 26 heavy (non-hydrogen) atoms. The summed E-state index contributed by atoms with van der Waals surface area (Å²) >= 11 is 0.946. The van der Waals surface area contributed by atoms with Crippen LogP contribution in [0.2, 0.25) is 0 Å². The van der Waals surface area contributed by atoms with E-state index in [9.17, 15) is 13.6 Å². The van der Waals surface area contributed by atoms with E-state index in [2.05, 4.69) is 5.32 Å². The van der Waals surface area contributed by atoms with Crippen molar-refractivity contribution in [2.75, 3.05) is 11.1 Å². The third kappa shape index (κ3) is 3.49. The molecule has 1 saturated carbocycles. The largest absolute Gasteiger partial charge is 0.448 e. The van der Waals surface area contributed by atoms with Crippen LogP contribution in [0.3, 0.4) is 0 Å². The highest BCUT2D eigenvalue weighted by atomic mass is 32.2. The van der Waals surface area contributed by atoms with Gasteiger partial charge in [0.25, 0.3) is 5.79 Å². The summed E-state index contributed by atoms with van der Waals surface area (Å²) in [5, 5.41) is 2.74. The highest BCUT2D eigenvalue weighted by Crippen LogP contribution is 2.47. The summed E-state index contributed by atoms with van der Waals surface area (Å²) < 4.78 is 38.7. The van der Waals surface area contributed by atoms with Gasteiger partial charge in [-0.2, -0.15) is 0 Å². The van der Waals surface area contributed by atoms with E-state index < -0.39 is 17.4 Å². The van der Waals surface area contributed by atoms with Gasteiger partial charge in [0, 0.05) is 29.5 Å². The third-order valence-corrected chi connectivity index (χ3v) is 5.47. The normalized spacial score (nSPS) is 16.8. The summed E-state index contributed by atoms with van der Waals surface area (Å²) in [5.74, 6) is -0.670. The zero-order valence-electron chi connectivity index (χ0n) is 13.9. The number of rotatable bonds is 4. The molecule has 0 bridgehead atoms. The van der Waals surface area contributed by atoms with Gasteiger partial charge in [0.2, 0.25) is 5.91 Å². The van der Waals surface area contributed by atoms with E-state index >= 15 is 0 Å². The molecule has 0 aromatic heterocycles. The minimum atomic E-state index is -0.547. The molecule has 0 radical (unpaired) electrons. The standard InChI is InChI=1S/C19H17F2NO3S/c20-12-3-5-14(21)17(9-12)26-11-18(23)22-13-4-6-15-16(10-13)25-19(24-15)7-1-2-8-19/h3-6,9-10H,1-2,7-8,11H2,(H,22,23). The summed E-state index contributed by atoms with van der Waals surface area (Å²) in [7, 11) is 0. The lowest BCUT2D eigenvalue weighted by Gasteiger charge is -2.21. The predicted molar refractivity (Wildman–Crippen MR) is 94.6 cm³/mol. The maximum atomic E-state index is 13.6. The van der Waals surface area contributed by atoms with E-state index in [0.717, 1.165) is 55.6 Å². The molecule has 136 valence electrons. The third-order valence-electron chi connectivity index (χ3n) is 4.44. The van der Waals surface area contributed by atoms with E-state index in [4.69, 9.17) is 9.47 Å². The van der Waals surface area contributed by atoms with E-state index in [1.54, 1.807) is 18.2 Å². The monoisotopic (exact) mass is 377 g/mol. The molecule has 0 unspecified atom stereocenters. The number of fused-ring (bicyclic) bond motifs is 1. The Balaban J connectivity index is 1.38. The fourth-order valence-corrected chi connectivity index (χ4v) is 3.98. The molecule has 1 N–H and O–H groups in total. The SMILES string of the molecule is O=C(CSc1cc(F)ccc1F)Nc1ccc2c(c1)OC1(CCCC1)O2. The number of amides is 1. The number of thioether (sulfide) groups is 1. The first-order valence-corrected chi connectivity index (χ1v) is 9.41. The van der Waals surface area contributed by atoms with Crippen LogP contribution in [-0.4, -0.2) is 17.4 Å². The van der Waals surface area contributed by atoms with Crippen LogP contribution in [0, 0.1) is 11.6 Å². The zero-order chi connectivity index (χ0) is 18.1. The van der Waals surface area contributed by atoms with Crippen LogP contribution in [-0.2, 0) is 4.79 Å². The summed E-state index contributed by atoms with van der Waals surface area (Å²) in [6.45, 7) is 0. The Labute approximate surface area is 153 Å². The van der Waals surface area contributed by atoms with Crippen molar-refractivity contribution in [3.05, 3.63) is 48.0 Å². The lowest BCUT2D eigenvalue weighted by Crippen LogP contribution is -2.34. The van der Waals surface area contributed by atoms with Crippen molar-refractivity contribution in [2.45, 2.75) is 36.4 Å². The first-order chi connectivity index (χ1) is 12.5. The molecular formula is C19H17F2NO3S. The van der Waals surface area contributed by atoms with Gasteiger partial charge < -0.3 is 14.8 Å². The molecule has 2 aliphatic rings. The minimum absolute atomic E-state index is 0.0290. The predicted octanol–water partition coefficient (Wildman–Crippen LogP) is 4.74. The highest BCUT2D eigenvalue weighted by molar-refractivity contribution is 8.00. The van der Waals surface area contributed by atoms with Crippen molar-refractivity contribution in [1.82, 2.24) is 0 Å². The van der Waals surface area contributed by atoms with Crippen LogP contribution < -0.4 is 14.8 Å². The number of carbonyl (C=O) groups excluding carboxylic acids is 1. The van der Waals surface area contributed by atoms with Crippen LogP contribution >= 0.6 is 11.8 Å². The molecule has 2 aromatic carbocycles. The van der Waals surface area contributed by atoms with E-state index in [0.29, 0.717) is 17.2 Å². The van der Waals surface area contributed by atoms with E-state index in [1.165, 1.54) is 0 Å². The average Bonchev–Trinajstić information content (AvgIpc) is 3.21. The molecule has 1 heterocycles. The molecule has 4 rings (SSSR count). The molecule has 0 saturated heterocycles. The first-order valence-electron chi connectivity index (χ1n) is 8.43. The Morgan fingerprint density at radius 3 is 2.65 bits per heavy atom. The summed E-state index contributed by atoms with van der Waals surface area (Å²) in [4.78, 5) is 12.2. The van der Waals surface area contributed by atoms with Gasteiger partial charge in [-0.25, -0.2) is 8.78 Å². The second-order valence-electron chi connectivity index (χ2n) is 6.40. The Bertz CT molecular complexity index is 853. The van der Waals surface area contributed by atoms with Crippen molar-refractivity contribution in [2.24, 2.45) is 0 Å². The molecule has 1 aliphatic heterocycles. The molecule has 7 heteroatoms. The van der Waals surface area contributed by atoms with Crippen molar-refractivity contribution in [3.8, 4) is 11.5 Å². The maximum Gasteiger partial charge on any atom is 0.251 e. The van der Waals surface area contributed by atoms with Gasteiger partial charge in [-0.05, 0) is 43.2 Å². The molecule has 1 aliphatic carbocycles. The fourth-order valence-electron chi connectivity index (χ4n) is 3.22. The van der Waals surface area contributed by atoms with Gasteiger partial charge in [-0.15, -0.1) is 11.8 Å². The van der Waals surface area contributed by atoms with Crippen molar-refractivity contribution in [1.29, 1.82) is 0 Å². The Morgan fingerprint density at radius 2 is 1.85 bits per heavy atom. The maximum absolute atomic E-state index is 13.6. The van der Waals surface area contributed by atoms with Crippen molar-refractivity contribution >= 4 is 23.4 Å². The van der Waals surface area contributed by atoms with Crippen LogP contribution in [0.4, 0.5) is 14.5 Å². The number of benzene rings is 2.